The molecule has 4 rings (SSSR count). The van der Waals surface area contributed by atoms with E-state index >= 15 is 0 Å². The predicted octanol–water partition coefficient (Wildman–Crippen LogP) is 1.81. The Bertz CT molecular complexity index is 961. The molecule has 0 atom stereocenters. The molecule has 1 aromatic heterocycles. The van der Waals surface area contributed by atoms with Gasteiger partial charge < -0.3 is 10.2 Å². The van der Waals surface area contributed by atoms with Gasteiger partial charge in [0.15, 0.2) is 5.03 Å². The molecular weight excluding hydrogens is 324 g/mol. The summed E-state index contributed by atoms with van der Waals surface area (Å²) in [5.74, 6) is 0. The van der Waals surface area contributed by atoms with Gasteiger partial charge in [0.05, 0.1) is 10.4 Å². The fourth-order valence-corrected chi connectivity index (χ4v) is 4.38. The summed E-state index contributed by atoms with van der Waals surface area (Å²) in [6.45, 7) is 3.67. The molecule has 2 heterocycles. The maximum atomic E-state index is 12.9. The van der Waals surface area contributed by atoms with Crippen LogP contribution in [-0.4, -0.2) is 44.8 Å². The molecule has 0 aliphatic carbocycles. The minimum atomic E-state index is -3.64. The van der Waals surface area contributed by atoms with Gasteiger partial charge in [-0.15, -0.1) is 0 Å². The first-order chi connectivity index (χ1) is 11.7. The van der Waals surface area contributed by atoms with Crippen molar-refractivity contribution < 1.29 is 8.42 Å². The second kappa shape index (κ2) is 5.92. The maximum Gasteiger partial charge on any atom is 0.226 e. The first-order valence-corrected chi connectivity index (χ1v) is 9.38. The molecule has 6 nitrogen and oxygen atoms in total. The average molecular weight is 342 g/mol. The normalized spacial score (nSPS) is 15.8. The Labute approximate surface area is 140 Å². The van der Waals surface area contributed by atoms with E-state index in [1.807, 2.05) is 18.2 Å². The molecule has 0 saturated carbocycles. The molecule has 1 aliphatic heterocycles. The number of nitrogens with zero attached hydrogens (tertiary/aromatic N) is 2. The van der Waals surface area contributed by atoms with Crippen molar-refractivity contribution in [2.24, 2.45) is 0 Å². The van der Waals surface area contributed by atoms with Crippen molar-refractivity contribution in [3.8, 4) is 0 Å². The van der Waals surface area contributed by atoms with Crippen LogP contribution in [0.25, 0.3) is 10.9 Å². The number of fused-ring (bicyclic) bond motifs is 1. The number of piperazine rings is 1. The Hall–Kier alpha value is -2.38. The highest BCUT2D eigenvalue weighted by atomic mass is 32.2. The zero-order chi connectivity index (χ0) is 16.6. The maximum absolute atomic E-state index is 12.9. The highest BCUT2D eigenvalue weighted by Gasteiger charge is 2.24. The van der Waals surface area contributed by atoms with Crippen molar-refractivity contribution in [1.82, 2.24) is 15.5 Å². The summed E-state index contributed by atoms with van der Waals surface area (Å²) in [6, 6.07) is 14.2. The monoisotopic (exact) mass is 342 g/mol. The second-order valence-corrected chi connectivity index (χ2v) is 7.68. The zero-order valence-corrected chi connectivity index (χ0v) is 13.9. The molecule has 0 spiro atoms. The lowest BCUT2D eigenvalue weighted by atomic mass is 10.2. The first-order valence-electron chi connectivity index (χ1n) is 7.90. The summed E-state index contributed by atoms with van der Waals surface area (Å²) in [4.78, 5) is 2.51. The van der Waals surface area contributed by atoms with Gasteiger partial charge in [0.25, 0.3) is 0 Å². The summed E-state index contributed by atoms with van der Waals surface area (Å²) < 4.78 is 25.8. The number of rotatable bonds is 3. The van der Waals surface area contributed by atoms with Gasteiger partial charge in [-0.3, -0.25) is 5.10 Å². The zero-order valence-electron chi connectivity index (χ0n) is 13.1. The Morgan fingerprint density at radius 1 is 1.00 bits per heavy atom. The van der Waals surface area contributed by atoms with E-state index in [2.05, 4.69) is 20.4 Å². The number of aromatic amines is 1. The summed E-state index contributed by atoms with van der Waals surface area (Å²) in [5, 5.41) is 11.0. The van der Waals surface area contributed by atoms with Crippen molar-refractivity contribution in [1.29, 1.82) is 0 Å². The minimum absolute atomic E-state index is 0.0840. The van der Waals surface area contributed by atoms with E-state index in [-0.39, 0.29) is 9.92 Å². The van der Waals surface area contributed by atoms with Gasteiger partial charge in [0.1, 0.15) is 0 Å². The van der Waals surface area contributed by atoms with Crippen molar-refractivity contribution in [3.05, 3.63) is 48.5 Å². The van der Waals surface area contributed by atoms with E-state index in [1.54, 1.807) is 30.3 Å². The van der Waals surface area contributed by atoms with Crippen molar-refractivity contribution >= 4 is 26.4 Å². The van der Waals surface area contributed by atoms with Gasteiger partial charge in [-0.2, -0.15) is 5.10 Å². The molecule has 0 bridgehead atoms. The van der Waals surface area contributed by atoms with Crippen molar-refractivity contribution in [2.45, 2.75) is 9.92 Å². The molecule has 0 unspecified atom stereocenters. The van der Waals surface area contributed by atoms with Crippen LogP contribution in [0.3, 0.4) is 0 Å². The molecule has 24 heavy (non-hydrogen) atoms. The standard InChI is InChI=1S/C17H18N4O2S/c22-24(23,14-4-2-1-3-5-14)17-15-12-13(6-7-16(15)19-20-17)21-10-8-18-9-11-21/h1-7,12,18H,8-11H2,(H,19,20). The van der Waals surface area contributed by atoms with Gasteiger partial charge in [-0.25, -0.2) is 8.42 Å². The highest BCUT2D eigenvalue weighted by molar-refractivity contribution is 7.91. The van der Waals surface area contributed by atoms with Crippen LogP contribution < -0.4 is 10.2 Å². The number of sulfone groups is 1. The number of hydrogen-bond acceptors (Lipinski definition) is 5. The Morgan fingerprint density at radius 2 is 1.75 bits per heavy atom. The highest BCUT2D eigenvalue weighted by Crippen LogP contribution is 2.29. The van der Waals surface area contributed by atoms with Crippen LogP contribution in [0.5, 0.6) is 0 Å². The molecule has 0 radical (unpaired) electrons. The molecule has 1 fully saturated rings. The summed E-state index contributed by atoms with van der Waals surface area (Å²) in [5.41, 5.74) is 1.75. The molecule has 3 aromatic rings. The fourth-order valence-electron chi connectivity index (χ4n) is 3.01. The molecule has 2 aromatic carbocycles. The number of H-pyrrole nitrogens is 1. The SMILES string of the molecule is O=S(=O)(c1ccccc1)c1n[nH]c2ccc(N3CCNCC3)cc12. The third-order valence-electron chi connectivity index (χ3n) is 4.30. The van der Waals surface area contributed by atoms with Crippen molar-refractivity contribution in [3.63, 3.8) is 0 Å². The van der Waals surface area contributed by atoms with Crippen LogP contribution in [0.15, 0.2) is 58.5 Å². The van der Waals surface area contributed by atoms with Crippen LogP contribution in [0.2, 0.25) is 0 Å². The van der Waals surface area contributed by atoms with Crippen LogP contribution >= 0.6 is 0 Å². The lowest BCUT2D eigenvalue weighted by Gasteiger charge is -2.29. The van der Waals surface area contributed by atoms with Gasteiger partial charge in [-0.05, 0) is 30.3 Å². The second-order valence-electron chi connectivity index (χ2n) is 5.81. The number of nitrogens with one attached hydrogen (secondary N) is 2. The van der Waals surface area contributed by atoms with E-state index in [0.29, 0.717) is 5.39 Å². The minimum Gasteiger partial charge on any atom is -0.369 e. The van der Waals surface area contributed by atoms with E-state index in [1.165, 1.54) is 0 Å². The summed E-state index contributed by atoms with van der Waals surface area (Å²) >= 11 is 0. The van der Waals surface area contributed by atoms with Gasteiger partial charge in [0.2, 0.25) is 9.84 Å². The molecule has 0 amide bonds. The predicted molar refractivity (Wildman–Crippen MR) is 93.1 cm³/mol. The van der Waals surface area contributed by atoms with Gasteiger partial charge >= 0.3 is 0 Å². The first kappa shape index (κ1) is 15.2. The lowest BCUT2D eigenvalue weighted by Crippen LogP contribution is -2.43. The molecule has 1 saturated heterocycles. The quantitative estimate of drug-likeness (QED) is 0.759. The van der Waals surface area contributed by atoms with E-state index in [9.17, 15) is 8.42 Å². The van der Waals surface area contributed by atoms with Crippen LogP contribution in [0, 0.1) is 0 Å². The number of anilines is 1. The fraction of sp³-hybridized carbons (Fsp3) is 0.235. The third-order valence-corrected chi connectivity index (χ3v) is 6.01. The van der Waals surface area contributed by atoms with Crippen LogP contribution in [0.4, 0.5) is 5.69 Å². The molecule has 124 valence electrons. The summed E-state index contributed by atoms with van der Waals surface area (Å²) in [7, 11) is -3.64. The van der Waals surface area contributed by atoms with E-state index in [4.69, 9.17) is 0 Å². The molecule has 1 aliphatic rings. The Morgan fingerprint density at radius 3 is 2.50 bits per heavy atom. The number of benzene rings is 2. The van der Waals surface area contributed by atoms with Gasteiger partial charge in [-0.1, -0.05) is 18.2 Å². The van der Waals surface area contributed by atoms with Crippen molar-refractivity contribution in [2.75, 3.05) is 31.1 Å². The van der Waals surface area contributed by atoms with E-state index in [0.717, 1.165) is 37.4 Å². The van der Waals surface area contributed by atoms with E-state index < -0.39 is 9.84 Å². The van der Waals surface area contributed by atoms with Crippen LogP contribution in [-0.2, 0) is 9.84 Å². The largest absolute Gasteiger partial charge is 0.369 e. The molecule has 7 heteroatoms. The summed E-state index contributed by atoms with van der Waals surface area (Å²) in [6.07, 6.45) is 0. The number of hydrogen-bond donors (Lipinski definition) is 2. The Balaban J connectivity index is 1.81. The average Bonchev–Trinajstić information content (AvgIpc) is 3.07. The molecular formula is C17H18N4O2S. The number of aromatic nitrogens is 2. The lowest BCUT2D eigenvalue weighted by molar-refractivity contribution is 0.589. The third kappa shape index (κ3) is 2.55. The molecule has 2 N–H and O–H groups in total. The topological polar surface area (TPSA) is 78.1 Å². The smallest absolute Gasteiger partial charge is 0.226 e. The Kier molecular flexibility index (Phi) is 3.74. The van der Waals surface area contributed by atoms with Gasteiger partial charge in [0, 0.05) is 37.3 Å². The van der Waals surface area contributed by atoms with Crippen LogP contribution in [0.1, 0.15) is 0 Å².